The van der Waals surface area contributed by atoms with Gasteiger partial charge in [-0.25, -0.2) is 28.7 Å². The molecule has 1 fully saturated rings. The molecule has 4 N–H and O–H groups in total. The van der Waals surface area contributed by atoms with Crippen molar-refractivity contribution in [1.82, 2.24) is 15.3 Å². The molecule has 0 spiro atoms. The lowest BCUT2D eigenvalue weighted by atomic mass is 9.96. The molecule has 1 saturated heterocycles. The number of aromatic nitrogens is 2. The quantitative estimate of drug-likeness (QED) is 0.336. The van der Waals surface area contributed by atoms with E-state index in [2.05, 4.69) is 25.9 Å². The van der Waals surface area contributed by atoms with Crippen molar-refractivity contribution in [1.29, 1.82) is 0 Å². The summed E-state index contributed by atoms with van der Waals surface area (Å²) in [7, 11) is 0. The van der Waals surface area contributed by atoms with Crippen LogP contribution in [0.25, 0.3) is 21.9 Å². The zero-order chi connectivity index (χ0) is 30.2. The van der Waals surface area contributed by atoms with E-state index in [-0.39, 0.29) is 58.8 Å². The Bertz CT molecular complexity index is 1570. The van der Waals surface area contributed by atoms with Crippen LogP contribution < -0.4 is 25.6 Å². The molecule has 0 radical (unpaired) electrons. The molecule has 0 bridgehead atoms. The van der Waals surface area contributed by atoms with E-state index < -0.39 is 29.6 Å². The first kappa shape index (κ1) is 28.8. The van der Waals surface area contributed by atoms with Gasteiger partial charge in [-0.15, -0.1) is 0 Å². The van der Waals surface area contributed by atoms with Gasteiger partial charge >= 0.3 is 18.2 Å². The van der Waals surface area contributed by atoms with Crippen molar-refractivity contribution in [3.63, 3.8) is 0 Å². The van der Waals surface area contributed by atoms with Gasteiger partial charge in [0.1, 0.15) is 23.7 Å². The van der Waals surface area contributed by atoms with Gasteiger partial charge in [0, 0.05) is 35.5 Å². The van der Waals surface area contributed by atoms with Crippen LogP contribution in [0.3, 0.4) is 0 Å². The summed E-state index contributed by atoms with van der Waals surface area (Å²) in [6.45, 7) is 7.86. The van der Waals surface area contributed by atoms with Crippen molar-refractivity contribution >= 4 is 46.2 Å². The standard InChI is InChI=1S/C28H31FN6O7/c1-14-18(11-31-24-23(14)35(27(38)39)6-8-41-24)17-9-15-10-20(33-25(36)32-16-5-7-40-13-16)30-12-19(15)22(21(17)29)34-26(37)42-28(2,3)4/h9-12,16H,5-8,13H2,1-4H3,(H,34,37)(H,38,39)(H2,30,32,33,36). The lowest BCUT2D eigenvalue weighted by Gasteiger charge is -2.29. The van der Waals surface area contributed by atoms with Gasteiger partial charge in [-0.1, -0.05) is 0 Å². The molecule has 2 aliphatic rings. The summed E-state index contributed by atoms with van der Waals surface area (Å²) in [5, 5.41) is 18.4. The van der Waals surface area contributed by atoms with Crippen LogP contribution in [-0.2, 0) is 9.47 Å². The van der Waals surface area contributed by atoms with Gasteiger partial charge in [-0.2, -0.15) is 0 Å². The highest BCUT2D eigenvalue weighted by Crippen LogP contribution is 2.42. The van der Waals surface area contributed by atoms with Crippen LogP contribution >= 0.6 is 0 Å². The van der Waals surface area contributed by atoms with Crippen LogP contribution in [0.2, 0.25) is 0 Å². The number of urea groups is 1. The Morgan fingerprint density at radius 3 is 2.60 bits per heavy atom. The summed E-state index contributed by atoms with van der Waals surface area (Å²) in [5.41, 5.74) is -0.122. The van der Waals surface area contributed by atoms with E-state index in [9.17, 15) is 19.5 Å². The van der Waals surface area contributed by atoms with Gasteiger partial charge in [0.15, 0.2) is 5.82 Å². The number of nitrogens with zero attached hydrogens (tertiary/aromatic N) is 3. The van der Waals surface area contributed by atoms with Crippen molar-refractivity contribution < 1.29 is 38.1 Å². The highest BCUT2D eigenvalue weighted by Gasteiger charge is 2.30. The average Bonchev–Trinajstić information content (AvgIpc) is 3.42. The number of carbonyl (C=O) groups excluding carboxylic acids is 2. The maximum absolute atomic E-state index is 16.3. The second-order valence-corrected chi connectivity index (χ2v) is 10.9. The number of fused-ring (bicyclic) bond motifs is 2. The van der Waals surface area contributed by atoms with Crippen molar-refractivity contribution in [3.05, 3.63) is 35.9 Å². The molecule has 3 aromatic rings. The number of ether oxygens (including phenoxy) is 3. The van der Waals surface area contributed by atoms with E-state index in [1.54, 1.807) is 27.7 Å². The van der Waals surface area contributed by atoms with E-state index in [1.807, 2.05) is 0 Å². The minimum Gasteiger partial charge on any atom is -0.474 e. The molecule has 2 aromatic heterocycles. The third kappa shape index (κ3) is 5.98. The Kier molecular flexibility index (Phi) is 7.73. The van der Waals surface area contributed by atoms with Crippen LogP contribution in [0.1, 0.15) is 32.8 Å². The van der Waals surface area contributed by atoms with Crippen LogP contribution in [0, 0.1) is 12.7 Å². The zero-order valence-corrected chi connectivity index (χ0v) is 23.5. The monoisotopic (exact) mass is 582 g/mol. The first-order valence-corrected chi connectivity index (χ1v) is 13.3. The molecule has 222 valence electrons. The number of carboxylic acid groups (broad SMARTS) is 1. The highest BCUT2D eigenvalue weighted by molar-refractivity contribution is 6.05. The fourth-order valence-electron chi connectivity index (χ4n) is 4.85. The largest absolute Gasteiger partial charge is 0.474 e. The molecule has 42 heavy (non-hydrogen) atoms. The summed E-state index contributed by atoms with van der Waals surface area (Å²) in [5.74, 6) is -0.503. The first-order chi connectivity index (χ1) is 19.9. The number of hydrogen-bond donors (Lipinski definition) is 4. The summed E-state index contributed by atoms with van der Waals surface area (Å²) in [6.07, 6.45) is 1.34. The molecule has 14 heteroatoms. The third-order valence-corrected chi connectivity index (χ3v) is 6.71. The van der Waals surface area contributed by atoms with Crippen molar-refractivity contribution in [3.8, 4) is 17.0 Å². The topological polar surface area (TPSA) is 164 Å². The van der Waals surface area contributed by atoms with Gasteiger partial charge in [0.25, 0.3) is 0 Å². The molecule has 4 amide bonds. The molecule has 5 rings (SSSR count). The number of amides is 4. The molecule has 1 atom stereocenters. The fourth-order valence-corrected chi connectivity index (χ4v) is 4.85. The number of pyridine rings is 2. The van der Waals surface area contributed by atoms with Gasteiger partial charge in [-0.05, 0) is 57.2 Å². The predicted molar refractivity (Wildman–Crippen MR) is 152 cm³/mol. The van der Waals surface area contributed by atoms with Gasteiger partial charge in [0.05, 0.1) is 24.9 Å². The zero-order valence-electron chi connectivity index (χ0n) is 23.5. The average molecular weight is 583 g/mol. The second-order valence-electron chi connectivity index (χ2n) is 10.9. The van der Waals surface area contributed by atoms with E-state index in [1.165, 1.54) is 24.5 Å². The molecule has 13 nitrogen and oxygen atoms in total. The number of halogens is 1. The van der Waals surface area contributed by atoms with Crippen molar-refractivity contribution in [2.75, 3.05) is 41.9 Å². The van der Waals surface area contributed by atoms with Crippen LogP contribution in [0.4, 0.5) is 36.0 Å². The van der Waals surface area contributed by atoms with Crippen LogP contribution in [-0.4, -0.2) is 71.3 Å². The van der Waals surface area contributed by atoms with E-state index in [0.717, 1.165) is 4.90 Å². The summed E-state index contributed by atoms with van der Waals surface area (Å²) >= 11 is 0. The fraction of sp³-hybridized carbons (Fsp3) is 0.393. The number of hydrogen-bond acceptors (Lipinski definition) is 8. The number of rotatable bonds is 4. The molecule has 1 aromatic carbocycles. The summed E-state index contributed by atoms with van der Waals surface area (Å²) < 4.78 is 32.5. The maximum Gasteiger partial charge on any atom is 0.412 e. The Hall–Kier alpha value is -4.72. The Morgan fingerprint density at radius 2 is 1.90 bits per heavy atom. The minimum atomic E-state index is -1.20. The van der Waals surface area contributed by atoms with E-state index in [4.69, 9.17) is 14.2 Å². The number of anilines is 3. The molecule has 2 aliphatic heterocycles. The molecular weight excluding hydrogens is 551 g/mol. The Labute approximate surface area is 240 Å². The van der Waals surface area contributed by atoms with E-state index in [0.29, 0.717) is 30.6 Å². The molecular formula is C28H31FN6O7. The van der Waals surface area contributed by atoms with Gasteiger partial charge in [-0.3, -0.25) is 15.5 Å². The van der Waals surface area contributed by atoms with Gasteiger partial charge in [0.2, 0.25) is 5.88 Å². The molecule has 4 heterocycles. The Balaban J connectivity index is 1.60. The predicted octanol–water partition coefficient (Wildman–Crippen LogP) is 4.88. The SMILES string of the molecule is Cc1c(-c2cc3cc(NC(=O)NC4CCOC4)ncc3c(NC(=O)OC(C)(C)C)c2F)cnc2c1N(C(=O)O)CCO2. The summed E-state index contributed by atoms with van der Waals surface area (Å²) in [6, 6.07) is 2.46. The summed E-state index contributed by atoms with van der Waals surface area (Å²) in [4.78, 5) is 46.8. The van der Waals surface area contributed by atoms with Gasteiger partial charge < -0.3 is 24.6 Å². The van der Waals surface area contributed by atoms with Crippen LogP contribution in [0.5, 0.6) is 5.88 Å². The maximum atomic E-state index is 16.3. The van der Waals surface area contributed by atoms with Crippen molar-refractivity contribution in [2.45, 2.75) is 45.8 Å². The highest BCUT2D eigenvalue weighted by atomic mass is 19.1. The smallest absolute Gasteiger partial charge is 0.412 e. The van der Waals surface area contributed by atoms with Crippen molar-refractivity contribution in [2.24, 2.45) is 0 Å². The van der Waals surface area contributed by atoms with E-state index >= 15 is 4.39 Å². The number of carbonyl (C=O) groups is 3. The molecule has 0 aliphatic carbocycles. The van der Waals surface area contributed by atoms with Crippen LogP contribution in [0.15, 0.2) is 24.5 Å². The number of benzene rings is 1. The molecule has 0 saturated carbocycles. The first-order valence-electron chi connectivity index (χ1n) is 13.3. The second kappa shape index (κ2) is 11.3. The minimum absolute atomic E-state index is 0.0296. The lowest BCUT2D eigenvalue weighted by Crippen LogP contribution is -2.38. The Morgan fingerprint density at radius 1 is 1.12 bits per heavy atom. The molecule has 1 unspecified atom stereocenters. The normalized spacial score (nSPS) is 16.4. The lowest BCUT2D eigenvalue weighted by molar-refractivity contribution is 0.0635. The third-order valence-electron chi connectivity index (χ3n) is 6.71. The number of nitrogens with one attached hydrogen (secondary N) is 3.